The van der Waals surface area contributed by atoms with Gasteiger partial charge in [0.2, 0.25) is 5.91 Å². The molecule has 0 saturated carbocycles. The average molecular weight is 444 g/mol. The molecular weight excluding hydrogens is 406 g/mol. The Morgan fingerprint density at radius 3 is 2.62 bits per heavy atom. The number of aromatic nitrogens is 3. The molecule has 0 aromatic carbocycles. The van der Waals surface area contributed by atoms with Crippen LogP contribution in [0.4, 0.5) is 5.82 Å². The molecule has 2 heterocycles. The Bertz CT molecular complexity index is 896. The molecule has 2 aromatic rings. The lowest BCUT2D eigenvalue weighted by Gasteiger charge is -2.25. The zero-order valence-corrected chi connectivity index (χ0v) is 20.2. The van der Waals surface area contributed by atoms with Gasteiger partial charge in [-0.15, -0.1) is 0 Å². The summed E-state index contributed by atoms with van der Waals surface area (Å²) >= 11 is 0. The number of fused-ring (bicyclic) bond motifs is 1. The first-order chi connectivity index (χ1) is 15.2. The molecule has 0 fully saturated rings. The zero-order valence-electron chi connectivity index (χ0n) is 20.2. The van der Waals surface area contributed by atoms with Gasteiger partial charge in [-0.25, -0.2) is 9.97 Å². The molecule has 0 radical (unpaired) electrons. The van der Waals surface area contributed by atoms with E-state index in [1.54, 1.807) is 18.3 Å². The van der Waals surface area contributed by atoms with Crippen LogP contribution in [0.1, 0.15) is 58.7 Å². The van der Waals surface area contributed by atoms with Gasteiger partial charge in [0.1, 0.15) is 23.9 Å². The number of aliphatic hydroxyl groups is 1. The second kappa shape index (κ2) is 11.8. The molecule has 1 aliphatic rings. The third-order valence-electron chi connectivity index (χ3n) is 4.49. The van der Waals surface area contributed by atoms with E-state index in [9.17, 15) is 4.79 Å². The van der Waals surface area contributed by atoms with E-state index in [0.29, 0.717) is 17.3 Å². The zero-order chi connectivity index (χ0) is 23.7. The molecule has 1 amide bonds. The van der Waals surface area contributed by atoms with Crippen molar-refractivity contribution in [2.45, 2.75) is 65.8 Å². The van der Waals surface area contributed by atoms with Crippen LogP contribution < -0.4 is 15.0 Å². The molecule has 0 spiro atoms. The third-order valence-corrected chi connectivity index (χ3v) is 4.49. The summed E-state index contributed by atoms with van der Waals surface area (Å²) in [6.07, 6.45) is 5.71. The molecular formula is C24H37N5O3. The fourth-order valence-corrected chi connectivity index (χ4v) is 3.38. The summed E-state index contributed by atoms with van der Waals surface area (Å²) in [5.41, 5.74) is 2.43. The number of hydrogen-bond acceptors (Lipinski definition) is 7. The molecule has 0 aliphatic heterocycles. The van der Waals surface area contributed by atoms with Crippen LogP contribution in [0, 0.1) is 0 Å². The molecule has 8 nitrogen and oxygen atoms in total. The van der Waals surface area contributed by atoms with E-state index in [1.165, 1.54) is 6.42 Å². The standard InChI is InChI=1S/C21H29N5O3.C3H8/c1-21(2,3)25-18(28)13-26(4)20-15-6-5-7-16(15)23-19(24-20)17-12-14(8-9-22-17)29-11-10-27;1-3-2/h8-9,12,27H,5-7,10-11,13H2,1-4H3,(H,25,28);3H2,1-2H3. The molecule has 2 N–H and O–H groups in total. The molecule has 0 atom stereocenters. The summed E-state index contributed by atoms with van der Waals surface area (Å²) in [6, 6.07) is 3.50. The Kier molecular flexibility index (Phi) is 9.38. The number of carbonyl (C=O) groups is 1. The minimum absolute atomic E-state index is 0.0514. The van der Waals surface area contributed by atoms with E-state index in [2.05, 4.69) is 24.1 Å². The Labute approximate surface area is 191 Å². The first kappa shape index (κ1) is 25.5. The van der Waals surface area contributed by atoms with Gasteiger partial charge in [-0.1, -0.05) is 20.3 Å². The second-order valence-corrected chi connectivity index (χ2v) is 8.96. The summed E-state index contributed by atoms with van der Waals surface area (Å²) in [7, 11) is 1.88. The number of likely N-dealkylation sites (N-methyl/N-ethyl adjacent to an activating group) is 1. The Hall–Kier alpha value is -2.74. The number of pyridine rings is 1. The van der Waals surface area contributed by atoms with Crippen molar-refractivity contribution in [1.29, 1.82) is 0 Å². The van der Waals surface area contributed by atoms with Gasteiger partial charge < -0.3 is 20.1 Å². The lowest BCUT2D eigenvalue weighted by Crippen LogP contribution is -2.45. The summed E-state index contributed by atoms with van der Waals surface area (Å²) in [5, 5.41) is 11.9. The van der Waals surface area contributed by atoms with Crippen LogP contribution >= 0.6 is 0 Å². The number of nitrogens with zero attached hydrogens (tertiary/aromatic N) is 4. The van der Waals surface area contributed by atoms with Crippen LogP contribution in [-0.2, 0) is 17.6 Å². The molecule has 176 valence electrons. The predicted octanol–water partition coefficient (Wildman–Crippen LogP) is 3.17. The van der Waals surface area contributed by atoms with Crippen LogP contribution in [0.2, 0.25) is 0 Å². The summed E-state index contributed by atoms with van der Waals surface area (Å²) < 4.78 is 5.48. The van der Waals surface area contributed by atoms with Crippen molar-refractivity contribution < 1.29 is 14.6 Å². The number of aliphatic hydroxyl groups excluding tert-OH is 1. The molecule has 3 rings (SSSR count). The Morgan fingerprint density at radius 1 is 1.25 bits per heavy atom. The molecule has 8 heteroatoms. The quantitative estimate of drug-likeness (QED) is 0.678. The highest BCUT2D eigenvalue weighted by Gasteiger charge is 2.24. The minimum Gasteiger partial charge on any atom is -0.491 e. The number of anilines is 1. The molecule has 1 aliphatic carbocycles. The highest BCUT2D eigenvalue weighted by Crippen LogP contribution is 2.31. The SMILES string of the molecule is CCC.CN(CC(=O)NC(C)(C)C)c1nc(-c2cc(OCCO)ccn2)nc2c1CCC2. The molecule has 0 unspecified atom stereocenters. The van der Waals surface area contributed by atoms with Gasteiger partial charge in [-0.2, -0.15) is 0 Å². The van der Waals surface area contributed by atoms with Gasteiger partial charge in [0.05, 0.1) is 13.2 Å². The summed E-state index contributed by atoms with van der Waals surface area (Å²) in [6.45, 7) is 10.5. The maximum Gasteiger partial charge on any atom is 0.239 e. The smallest absolute Gasteiger partial charge is 0.239 e. The second-order valence-electron chi connectivity index (χ2n) is 8.96. The van der Waals surface area contributed by atoms with Crippen LogP contribution in [0.15, 0.2) is 18.3 Å². The fourth-order valence-electron chi connectivity index (χ4n) is 3.38. The number of hydrogen-bond donors (Lipinski definition) is 2. The van der Waals surface area contributed by atoms with Gasteiger partial charge in [-0.3, -0.25) is 9.78 Å². The first-order valence-corrected chi connectivity index (χ1v) is 11.3. The van der Waals surface area contributed by atoms with Crippen LogP contribution in [0.3, 0.4) is 0 Å². The third kappa shape index (κ3) is 7.44. The van der Waals surface area contributed by atoms with Crippen molar-refractivity contribution in [1.82, 2.24) is 20.3 Å². The topological polar surface area (TPSA) is 100 Å². The number of carbonyl (C=O) groups excluding carboxylic acids is 1. The number of nitrogens with one attached hydrogen (secondary N) is 1. The van der Waals surface area contributed by atoms with E-state index >= 15 is 0 Å². The van der Waals surface area contributed by atoms with Gasteiger partial charge in [0.15, 0.2) is 5.82 Å². The lowest BCUT2D eigenvalue weighted by atomic mass is 10.1. The normalized spacial score (nSPS) is 12.5. The van der Waals surface area contributed by atoms with E-state index < -0.39 is 0 Å². The van der Waals surface area contributed by atoms with Crippen molar-refractivity contribution in [3.05, 3.63) is 29.6 Å². The highest BCUT2D eigenvalue weighted by molar-refractivity contribution is 5.82. The van der Waals surface area contributed by atoms with Crippen LogP contribution in [-0.4, -0.2) is 58.3 Å². The van der Waals surface area contributed by atoms with Crippen molar-refractivity contribution in [2.24, 2.45) is 0 Å². The van der Waals surface area contributed by atoms with Crippen LogP contribution in [0.5, 0.6) is 5.75 Å². The lowest BCUT2D eigenvalue weighted by molar-refractivity contribution is -0.121. The summed E-state index contributed by atoms with van der Waals surface area (Å²) in [5.74, 6) is 1.84. The van der Waals surface area contributed by atoms with Gasteiger partial charge in [0, 0.05) is 36.1 Å². The van der Waals surface area contributed by atoms with Gasteiger partial charge >= 0.3 is 0 Å². The number of rotatable bonds is 7. The van der Waals surface area contributed by atoms with E-state index in [1.807, 2.05) is 32.7 Å². The van der Waals surface area contributed by atoms with E-state index in [0.717, 1.165) is 36.3 Å². The number of amides is 1. The predicted molar refractivity (Wildman–Crippen MR) is 127 cm³/mol. The Morgan fingerprint density at radius 2 is 1.97 bits per heavy atom. The van der Waals surface area contributed by atoms with Crippen molar-refractivity contribution in [3.8, 4) is 17.3 Å². The van der Waals surface area contributed by atoms with Crippen LogP contribution in [0.25, 0.3) is 11.5 Å². The fraction of sp³-hybridized carbons (Fsp3) is 0.583. The molecule has 2 aromatic heterocycles. The van der Waals surface area contributed by atoms with Gasteiger partial charge in [0.25, 0.3) is 0 Å². The van der Waals surface area contributed by atoms with E-state index in [-0.39, 0.29) is 31.2 Å². The van der Waals surface area contributed by atoms with Crippen molar-refractivity contribution in [3.63, 3.8) is 0 Å². The highest BCUT2D eigenvalue weighted by atomic mass is 16.5. The molecule has 32 heavy (non-hydrogen) atoms. The molecule has 0 bridgehead atoms. The monoisotopic (exact) mass is 443 g/mol. The van der Waals surface area contributed by atoms with E-state index in [4.69, 9.17) is 19.8 Å². The maximum absolute atomic E-state index is 12.4. The Balaban J connectivity index is 0.00000114. The minimum atomic E-state index is -0.282. The number of aryl methyl sites for hydroxylation is 1. The van der Waals surface area contributed by atoms with Crippen molar-refractivity contribution in [2.75, 3.05) is 31.7 Å². The number of ether oxygens (including phenoxy) is 1. The average Bonchev–Trinajstić information content (AvgIpc) is 3.19. The summed E-state index contributed by atoms with van der Waals surface area (Å²) in [4.78, 5) is 28.1. The maximum atomic E-state index is 12.4. The van der Waals surface area contributed by atoms with Gasteiger partial charge in [-0.05, 0) is 46.1 Å². The molecule has 0 saturated heterocycles. The first-order valence-electron chi connectivity index (χ1n) is 11.3. The largest absolute Gasteiger partial charge is 0.491 e. The van der Waals surface area contributed by atoms with Crippen molar-refractivity contribution >= 4 is 11.7 Å².